The molecule has 0 aromatic carbocycles. The largest absolute Gasteiger partial charge is 0.396 e. The van der Waals surface area contributed by atoms with Gasteiger partial charge < -0.3 is 5.11 Å². The smallest absolute Gasteiger partial charge is 0.211 e. The summed E-state index contributed by atoms with van der Waals surface area (Å²) in [6.07, 6.45) is 5.78. The van der Waals surface area contributed by atoms with E-state index in [1.54, 1.807) is 0 Å². The van der Waals surface area contributed by atoms with Gasteiger partial charge in [0.15, 0.2) is 0 Å². The number of rotatable bonds is 4. The van der Waals surface area contributed by atoms with Crippen LogP contribution in [0.2, 0.25) is 0 Å². The van der Waals surface area contributed by atoms with Gasteiger partial charge >= 0.3 is 0 Å². The van der Waals surface area contributed by atoms with E-state index >= 15 is 0 Å². The number of hydrogen-bond donors (Lipinski definition) is 1. The molecule has 0 radical (unpaired) electrons. The number of aliphatic hydroxyl groups is 1. The quantitative estimate of drug-likeness (QED) is 0.778. The molecule has 0 bridgehead atoms. The van der Waals surface area contributed by atoms with Gasteiger partial charge in [-0.1, -0.05) is 11.6 Å². The SMILES string of the molecule is CC(C)=CC[C@]1(CO)CCCN(S(C)(=O)=O)C1. The molecule has 0 aromatic rings. The van der Waals surface area contributed by atoms with Crippen molar-refractivity contribution in [1.82, 2.24) is 4.31 Å². The van der Waals surface area contributed by atoms with Gasteiger partial charge in [0.05, 0.1) is 12.9 Å². The van der Waals surface area contributed by atoms with Crippen molar-refractivity contribution >= 4 is 10.0 Å². The van der Waals surface area contributed by atoms with Crippen LogP contribution < -0.4 is 0 Å². The van der Waals surface area contributed by atoms with E-state index in [0.717, 1.165) is 19.3 Å². The van der Waals surface area contributed by atoms with Gasteiger partial charge in [-0.2, -0.15) is 0 Å². The molecule has 17 heavy (non-hydrogen) atoms. The van der Waals surface area contributed by atoms with Gasteiger partial charge in [-0.25, -0.2) is 12.7 Å². The molecule has 1 N–H and O–H groups in total. The predicted octanol–water partition coefficient (Wildman–Crippen LogP) is 1.38. The third kappa shape index (κ3) is 4.08. The summed E-state index contributed by atoms with van der Waals surface area (Å²) in [6.45, 7) is 5.09. The molecule has 100 valence electrons. The summed E-state index contributed by atoms with van der Waals surface area (Å²) in [4.78, 5) is 0. The molecule has 1 saturated heterocycles. The Balaban J connectivity index is 2.82. The average molecular weight is 261 g/mol. The summed E-state index contributed by atoms with van der Waals surface area (Å²) in [6, 6.07) is 0. The predicted molar refractivity (Wildman–Crippen MR) is 69.2 cm³/mol. The van der Waals surface area contributed by atoms with E-state index in [9.17, 15) is 13.5 Å². The van der Waals surface area contributed by atoms with Crippen molar-refractivity contribution in [3.05, 3.63) is 11.6 Å². The summed E-state index contributed by atoms with van der Waals surface area (Å²) >= 11 is 0. The van der Waals surface area contributed by atoms with Crippen LogP contribution in [0.5, 0.6) is 0 Å². The van der Waals surface area contributed by atoms with Crippen molar-refractivity contribution < 1.29 is 13.5 Å². The standard InChI is InChI=1S/C12H23NO3S/c1-11(2)5-7-12(10-14)6-4-8-13(9-12)17(3,15)16/h5,14H,4,6-10H2,1-3H3/t12-/m1/s1. The van der Waals surface area contributed by atoms with Crippen LogP contribution in [-0.4, -0.2) is 43.8 Å². The lowest BCUT2D eigenvalue weighted by atomic mass is 9.78. The lowest BCUT2D eigenvalue weighted by Gasteiger charge is -2.40. The Hall–Kier alpha value is -0.390. The maximum atomic E-state index is 11.6. The van der Waals surface area contributed by atoms with Gasteiger partial charge in [-0.05, 0) is 33.1 Å². The van der Waals surface area contributed by atoms with E-state index in [0.29, 0.717) is 13.1 Å². The van der Waals surface area contributed by atoms with Crippen molar-refractivity contribution in [2.45, 2.75) is 33.1 Å². The van der Waals surface area contributed by atoms with E-state index in [1.807, 2.05) is 13.8 Å². The molecular formula is C12H23NO3S. The highest BCUT2D eigenvalue weighted by atomic mass is 32.2. The van der Waals surface area contributed by atoms with Crippen LogP contribution in [0, 0.1) is 5.41 Å². The van der Waals surface area contributed by atoms with E-state index in [-0.39, 0.29) is 12.0 Å². The molecule has 0 saturated carbocycles. The fourth-order valence-corrected chi connectivity index (χ4v) is 3.20. The van der Waals surface area contributed by atoms with Crippen LogP contribution in [0.3, 0.4) is 0 Å². The molecule has 1 heterocycles. The van der Waals surface area contributed by atoms with Crippen LogP contribution in [0.25, 0.3) is 0 Å². The van der Waals surface area contributed by atoms with Crippen LogP contribution >= 0.6 is 0 Å². The van der Waals surface area contributed by atoms with Gasteiger partial charge in [0.25, 0.3) is 0 Å². The molecule has 0 spiro atoms. The number of allylic oxidation sites excluding steroid dienone is 2. The monoisotopic (exact) mass is 261 g/mol. The molecule has 0 amide bonds. The number of piperidine rings is 1. The zero-order chi connectivity index (χ0) is 13.1. The van der Waals surface area contributed by atoms with Crippen molar-refractivity contribution in [3.63, 3.8) is 0 Å². The first-order valence-corrected chi connectivity index (χ1v) is 7.83. The topological polar surface area (TPSA) is 57.6 Å². The van der Waals surface area contributed by atoms with E-state index in [2.05, 4.69) is 6.08 Å². The average Bonchev–Trinajstić information content (AvgIpc) is 2.25. The fraction of sp³-hybridized carbons (Fsp3) is 0.833. The Bertz CT molecular complexity index is 385. The first kappa shape index (κ1) is 14.7. The molecule has 1 aliphatic rings. The first-order chi connectivity index (χ1) is 7.79. The molecule has 1 atom stereocenters. The van der Waals surface area contributed by atoms with E-state index in [1.165, 1.54) is 16.1 Å². The van der Waals surface area contributed by atoms with Gasteiger partial charge in [-0.15, -0.1) is 0 Å². The van der Waals surface area contributed by atoms with Gasteiger partial charge in [0.1, 0.15) is 0 Å². The third-order valence-corrected chi connectivity index (χ3v) is 4.62. The van der Waals surface area contributed by atoms with Crippen molar-refractivity contribution in [3.8, 4) is 0 Å². The Kier molecular flexibility index (Phi) is 4.75. The van der Waals surface area contributed by atoms with Crippen LogP contribution in [0.15, 0.2) is 11.6 Å². The van der Waals surface area contributed by atoms with E-state index < -0.39 is 10.0 Å². The van der Waals surface area contributed by atoms with Gasteiger partial charge in [0, 0.05) is 18.5 Å². The van der Waals surface area contributed by atoms with Gasteiger partial charge in [-0.3, -0.25) is 0 Å². The molecule has 0 aromatic heterocycles. The maximum Gasteiger partial charge on any atom is 0.211 e. The maximum absolute atomic E-state index is 11.6. The van der Waals surface area contributed by atoms with Crippen LogP contribution in [-0.2, 0) is 10.0 Å². The Morgan fingerprint density at radius 1 is 1.47 bits per heavy atom. The number of aliphatic hydroxyl groups excluding tert-OH is 1. The second-order valence-corrected chi connectivity index (χ2v) is 7.33. The fourth-order valence-electron chi connectivity index (χ4n) is 2.23. The highest BCUT2D eigenvalue weighted by molar-refractivity contribution is 7.88. The summed E-state index contributed by atoms with van der Waals surface area (Å²) in [7, 11) is -3.14. The summed E-state index contributed by atoms with van der Waals surface area (Å²) in [5.74, 6) is 0. The molecule has 1 aliphatic heterocycles. The van der Waals surface area contributed by atoms with Crippen molar-refractivity contribution in [2.75, 3.05) is 26.0 Å². The lowest BCUT2D eigenvalue weighted by Crippen LogP contribution is -2.47. The van der Waals surface area contributed by atoms with Crippen LogP contribution in [0.1, 0.15) is 33.1 Å². The normalized spacial score (nSPS) is 26.8. The molecule has 0 unspecified atom stereocenters. The second-order valence-electron chi connectivity index (χ2n) is 5.34. The van der Waals surface area contributed by atoms with E-state index in [4.69, 9.17) is 0 Å². The lowest BCUT2D eigenvalue weighted by molar-refractivity contribution is 0.0670. The minimum atomic E-state index is -3.14. The molecular weight excluding hydrogens is 238 g/mol. The summed E-state index contributed by atoms with van der Waals surface area (Å²) in [5.41, 5.74) is 0.910. The zero-order valence-corrected chi connectivity index (χ0v) is 11.8. The highest BCUT2D eigenvalue weighted by Gasteiger charge is 2.37. The van der Waals surface area contributed by atoms with Crippen molar-refractivity contribution in [1.29, 1.82) is 0 Å². The number of hydrogen-bond acceptors (Lipinski definition) is 3. The molecule has 1 rings (SSSR count). The molecule has 4 nitrogen and oxygen atoms in total. The Labute approximate surface area is 104 Å². The minimum Gasteiger partial charge on any atom is -0.396 e. The third-order valence-electron chi connectivity index (χ3n) is 3.37. The summed E-state index contributed by atoms with van der Waals surface area (Å²) in [5, 5.41) is 9.59. The molecule has 5 heteroatoms. The summed E-state index contributed by atoms with van der Waals surface area (Å²) < 4.78 is 24.6. The zero-order valence-electron chi connectivity index (χ0n) is 10.9. The highest BCUT2D eigenvalue weighted by Crippen LogP contribution is 2.34. The number of sulfonamides is 1. The first-order valence-electron chi connectivity index (χ1n) is 5.98. The Morgan fingerprint density at radius 3 is 2.59 bits per heavy atom. The molecule has 1 fully saturated rings. The van der Waals surface area contributed by atoms with Crippen LogP contribution in [0.4, 0.5) is 0 Å². The van der Waals surface area contributed by atoms with Gasteiger partial charge in [0.2, 0.25) is 10.0 Å². The van der Waals surface area contributed by atoms with Crippen molar-refractivity contribution in [2.24, 2.45) is 5.41 Å². The number of nitrogens with zero attached hydrogens (tertiary/aromatic N) is 1. The Morgan fingerprint density at radius 2 is 2.12 bits per heavy atom. The second kappa shape index (κ2) is 5.50. The minimum absolute atomic E-state index is 0.0444. The molecule has 0 aliphatic carbocycles.